The summed E-state index contributed by atoms with van der Waals surface area (Å²) in [4.78, 5) is 16.6. The van der Waals surface area contributed by atoms with Crippen molar-refractivity contribution in [3.05, 3.63) is 48.8 Å². The molecule has 2 aromatic carbocycles. The Morgan fingerprint density at radius 1 is 1.27 bits per heavy atom. The number of nitrogens with one attached hydrogen (secondary N) is 1. The molecule has 0 saturated heterocycles. The highest BCUT2D eigenvalue weighted by Gasteiger charge is 2.17. The zero-order valence-corrected chi connectivity index (χ0v) is 15.2. The lowest BCUT2D eigenvalue weighted by molar-refractivity contribution is -0.113. The standard InChI is InChI=1S/C19H17N3O3S/c1-22-10-9-20-19(22)26-11-16(23)21-13-7-8-15-17(18(13)24-2)12-5-3-4-6-14(12)25-15/h3-10H,11H2,1-2H3,(H,21,23). The van der Waals surface area contributed by atoms with E-state index in [1.807, 2.05) is 48.1 Å². The SMILES string of the molecule is COc1c(NC(=O)CSc2nccn2C)ccc2oc3ccccc3c12. The number of aryl methyl sites for hydroxylation is 1. The summed E-state index contributed by atoms with van der Waals surface area (Å²) in [5.74, 6) is 0.740. The second-order valence-electron chi connectivity index (χ2n) is 5.78. The smallest absolute Gasteiger partial charge is 0.234 e. The van der Waals surface area contributed by atoms with E-state index in [4.69, 9.17) is 9.15 Å². The van der Waals surface area contributed by atoms with Crippen LogP contribution in [0.3, 0.4) is 0 Å². The Balaban J connectivity index is 1.62. The van der Waals surface area contributed by atoms with Crippen LogP contribution >= 0.6 is 11.8 Å². The molecule has 6 nitrogen and oxygen atoms in total. The van der Waals surface area contributed by atoms with Crippen LogP contribution in [-0.4, -0.2) is 28.3 Å². The van der Waals surface area contributed by atoms with Crippen molar-refractivity contribution in [1.29, 1.82) is 0 Å². The summed E-state index contributed by atoms with van der Waals surface area (Å²) < 4.78 is 13.3. The van der Waals surface area contributed by atoms with Gasteiger partial charge in [0.2, 0.25) is 5.91 Å². The molecule has 2 aromatic heterocycles. The van der Waals surface area contributed by atoms with E-state index in [0.717, 1.165) is 27.1 Å². The number of hydrogen-bond acceptors (Lipinski definition) is 5. The Bertz CT molecular complexity index is 1100. The average molecular weight is 367 g/mol. The first-order valence-corrected chi connectivity index (χ1v) is 9.04. The number of para-hydroxylation sites is 1. The van der Waals surface area contributed by atoms with E-state index in [-0.39, 0.29) is 11.7 Å². The summed E-state index contributed by atoms with van der Waals surface area (Å²) >= 11 is 1.38. The molecule has 2 heterocycles. The predicted molar refractivity (Wildman–Crippen MR) is 103 cm³/mol. The quantitative estimate of drug-likeness (QED) is 0.539. The topological polar surface area (TPSA) is 69.3 Å². The lowest BCUT2D eigenvalue weighted by Gasteiger charge is -2.11. The van der Waals surface area contributed by atoms with Crippen molar-refractivity contribution in [2.45, 2.75) is 5.16 Å². The number of amides is 1. The van der Waals surface area contributed by atoms with E-state index >= 15 is 0 Å². The first-order valence-electron chi connectivity index (χ1n) is 8.05. The van der Waals surface area contributed by atoms with Gasteiger partial charge in [0, 0.05) is 24.8 Å². The molecular weight excluding hydrogens is 350 g/mol. The van der Waals surface area contributed by atoms with Crippen LogP contribution in [0.4, 0.5) is 5.69 Å². The molecule has 1 amide bonds. The van der Waals surface area contributed by atoms with Gasteiger partial charge in [-0.25, -0.2) is 4.98 Å². The van der Waals surface area contributed by atoms with E-state index in [1.54, 1.807) is 19.4 Å². The van der Waals surface area contributed by atoms with Gasteiger partial charge in [0.1, 0.15) is 11.2 Å². The third-order valence-electron chi connectivity index (χ3n) is 4.08. The first-order chi connectivity index (χ1) is 12.7. The number of fused-ring (bicyclic) bond motifs is 3. The van der Waals surface area contributed by atoms with E-state index in [0.29, 0.717) is 11.4 Å². The van der Waals surface area contributed by atoms with Crippen molar-refractivity contribution in [1.82, 2.24) is 9.55 Å². The van der Waals surface area contributed by atoms with Crippen molar-refractivity contribution < 1.29 is 13.9 Å². The summed E-state index contributed by atoms with van der Waals surface area (Å²) in [5.41, 5.74) is 2.13. The van der Waals surface area contributed by atoms with Crippen LogP contribution < -0.4 is 10.1 Å². The second-order valence-corrected chi connectivity index (χ2v) is 6.72. The summed E-state index contributed by atoms with van der Waals surface area (Å²) in [6.45, 7) is 0. The highest BCUT2D eigenvalue weighted by atomic mass is 32.2. The molecule has 0 aliphatic carbocycles. The summed E-state index contributed by atoms with van der Waals surface area (Å²) in [6.07, 6.45) is 3.56. The molecule has 4 aromatic rings. The number of carbonyl (C=O) groups is 1. The maximum absolute atomic E-state index is 12.4. The fourth-order valence-corrected chi connectivity index (χ4v) is 3.64. The Kier molecular flexibility index (Phi) is 4.30. The van der Waals surface area contributed by atoms with Crippen molar-refractivity contribution in [2.24, 2.45) is 7.05 Å². The van der Waals surface area contributed by atoms with Crippen LogP contribution in [0.15, 0.2) is 58.4 Å². The Labute approximate surface area is 154 Å². The molecule has 4 rings (SSSR count). The molecular formula is C19H17N3O3S. The molecule has 0 bridgehead atoms. The number of ether oxygens (including phenoxy) is 1. The monoisotopic (exact) mass is 367 g/mol. The van der Waals surface area contributed by atoms with Crippen LogP contribution in [0.2, 0.25) is 0 Å². The van der Waals surface area contributed by atoms with Crippen LogP contribution in [-0.2, 0) is 11.8 Å². The zero-order chi connectivity index (χ0) is 18.1. The molecule has 0 fully saturated rings. The summed E-state index contributed by atoms with van der Waals surface area (Å²) in [5, 5.41) is 5.54. The molecule has 0 radical (unpaired) electrons. The number of thioether (sulfide) groups is 1. The summed E-state index contributed by atoms with van der Waals surface area (Å²) in [6, 6.07) is 11.4. The van der Waals surface area contributed by atoms with Gasteiger partial charge < -0.3 is 19.0 Å². The molecule has 0 saturated carbocycles. The fraction of sp³-hybridized carbons (Fsp3) is 0.158. The van der Waals surface area contributed by atoms with Gasteiger partial charge in [-0.1, -0.05) is 30.0 Å². The lowest BCUT2D eigenvalue weighted by Crippen LogP contribution is -2.15. The van der Waals surface area contributed by atoms with Crippen molar-refractivity contribution in [3.8, 4) is 5.75 Å². The Morgan fingerprint density at radius 2 is 2.12 bits per heavy atom. The van der Waals surface area contributed by atoms with Crippen LogP contribution in [0.5, 0.6) is 5.75 Å². The molecule has 0 aliphatic heterocycles. The maximum Gasteiger partial charge on any atom is 0.234 e. The Hall–Kier alpha value is -2.93. The van der Waals surface area contributed by atoms with Gasteiger partial charge in [0.05, 0.1) is 23.9 Å². The lowest BCUT2D eigenvalue weighted by atomic mass is 10.1. The maximum atomic E-state index is 12.4. The number of furan rings is 1. The molecule has 1 N–H and O–H groups in total. The van der Waals surface area contributed by atoms with Crippen LogP contribution in [0.25, 0.3) is 21.9 Å². The Morgan fingerprint density at radius 3 is 2.88 bits per heavy atom. The number of imidazole rings is 1. The molecule has 0 aliphatic rings. The molecule has 0 unspecified atom stereocenters. The van der Waals surface area contributed by atoms with Gasteiger partial charge in [-0.2, -0.15) is 0 Å². The van der Waals surface area contributed by atoms with E-state index in [9.17, 15) is 4.79 Å². The molecule has 132 valence electrons. The normalized spacial score (nSPS) is 11.2. The number of nitrogens with zero attached hydrogens (tertiary/aromatic N) is 2. The third kappa shape index (κ3) is 2.90. The van der Waals surface area contributed by atoms with Gasteiger partial charge in [0.25, 0.3) is 0 Å². The van der Waals surface area contributed by atoms with Gasteiger partial charge in [0.15, 0.2) is 10.9 Å². The number of aromatic nitrogens is 2. The molecule has 26 heavy (non-hydrogen) atoms. The minimum Gasteiger partial charge on any atom is -0.494 e. The third-order valence-corrected chi connectivity index (χ3v) is 5.14. The zero-order valence-electron chi connectivity index (χ0n) is 14.4. The first kappa shape index (κ1) is 16.5. The van der Waals surface area contributed by atoms with Gasteiger partial charge >= 0.3 is 0 Å². The number of anilines is 1. The van der Waals surface area contributed by atoms with E-state index in [1.165, 1.54) is 11.8 Å². The number of hydrogen-bond donors (Lipinski definition) is 1. The number of rotatable bonds is 5. The fourth-order valence-electron chi connectivity index (χ4n) is 2.90. The van der Waals surface area contributed by atoms with Gasteiger partial charge in [-0.3, -0.25) is 4.79 Å². The van der Waals surface area contributed by atoms with Crippen molar-refractivity contribution in [2.75, 3.05) is 18.2 Å². The predicted octanol–water partition coefficient (Wildman–Crippen LogP) is 4.06. The van der Waals surface area contributed by atoms with Crippen molar-refractivity contribution >= 4 is 45.3 Å². The van der Waals surface area contributed by atoms with Crippen LogP contribution in [0.1, 0.15) is 0 Å². The average Bonchev–Trinajstić information content (AvgIpc) is 3.23. The second kappa shape index (κ2) is 6.76. The van der Waals surface area contributed by atoms with Gasteiger partial charge in [-0.05, 0) is 18.2 Å². The molecule has 0 atom stereocenters. The van der Waals surface area contributed by atoms with Gasteiger partial charge in [-0.15, -0.1) is 0 Å². The number of benzene rings is 2. The minimum absolute atomic E-state index is 0.122. The largest absolute Gasteiger partial charge is 0.494 e. The van der Waals surface area contributed by atoms with Crippen molar-refractivity contribution in [3.63, 3.8) is 0 Å². The number of carbonyl (C=O) groups excluding carboxylic acids is 1. The highest BCUT2D eigenvalue weighted by Crippen LogP contribution is 2.40. The molecule has 0 spiro atoms. The van der Waals surface area contributed by atoms with E-state index in [2.05, 4.69) is 10.3 Å². The highest BCUT2D eigenvalue weighted by molar-refractivity contribution is 7.99. The molecule has 7 heteroatoms. The summed E-state index contributed by atoms with van der Waals surface area (Å²) in [7, 11) is 3.49. The minimum atomic E-state index is -0.122. The number of methoxy groups -OCH3 is 1. The van der Waals surface area contributed by atoms with E-state index < -0.39 is 0 Å². The van der Waals surface area contributed by atoms with Crippen LogP contribution in [0, 0.1) is 0 Å².